The van der Waals surface area contributed by atoms with E-state index >= 15 is 0 Å². The Balaban J connectivity index is 2.32. The topological polar surface area (TPSA) is 74.8 Å². The minimum absolute atomic E-state index is 0.213. The molecule has 0 aromatic carbocycles. The number of nitrogens with zero attached hydrogens (tertiary/aromatic N) is 3. The summed E-state index contributed by atoms with van der Waals surface area (Å²) in [4.78, 5) is 2.77. The van der Waals surface area contributed by atoms with Crippen molar-refractivity contribution in [2.45, 2.75) is 37.8 Å². The van der Waals surface area contributed by atoms with E-state index in [4.69, 9.17) is 11.3 Å². The van der Waals surface area contributed by atoms with E-state index in [1.807, 2.05) is 0 Å². The molecule has 2 N–H and O–H groups in total. The number of nitrogens with two attached hydrogens (primary N) is 1. The standard InChI is InChI=1S/C6H12N4/c7-5-1-3-6(4-2-5)9-10-8/h5-6H,1-4,7H2/t5-,6-. The highest BCUT2D eigenvalue weighted by Crippen LogP contribution is 2.19. The lowest BCUT2D eigenvalue weighted by Crippen LogP contribution is -2.27. The highest BCUT2D eigenvalue weighted by atomic mass is 15.1. The number of rotatable bonds is 1. The quantitative estimate of drug-likeness (QED) is 0.335. The monoisotopic (exact) mass is 140 g/mol. The van der Waals surface area contributed by atoms with Crippen LogP contribution in [0.3, 0.4) is 0 Å². The van der Waals surface area contributed by atoms with Gasteiger partial charge in [0.25, 0.3) is 0 Å². The summed E-state index contributed by atoms with van der Waals surface area (Å²) >= 11 is 0. The largest absolute Gasteiger partial charge is 0.328 e. The summed E-state index contributed by atoms with van der Waals surface area (Å²) in [6, 6.07) is 0.551. The van der Waals surface area contributed by atoms with Gasteiger partial charge in [-0.1, -0.05) is 5.11 Å². The zero-order valence-electron chi connectivity index (χ0n) is 5.90. The summed E-state index contributed by atoms with van der Waals surface area (Å²) in [6.45, 7) is 0. The van der Waals surface area contributed by atoms with Gasteiger partial charge in [-0.15, -0.1) is 0 Å². The average molecular weight is 140 g/mol. The van der Waals surface area contributed by atoms with Gasteiger partial charge in [0.15, 0.2) is 0 Å². The number of azide groups is 1. The molecule has 1 saturated carbocycles. The van der Waals surface area contributed by atoms with Gasteiger partial charge in [0.05, 0.1) is 0 Å². The second-order valence-electron chi connectivity index (χ2n) is 2.77. The highest BCUT2D eigenvalue weighted by Gasteiger charge is 2.16. The van der Waals surface area contributed by atoms with Crippen molar-refractivity contribution in [1.82, 2.24) is 0 Å². The van der Waals surface area contributed by atoms with Crippen molar-refractivity contribution in [2.24, 2.45) is 10.8 Å². The Kier molecular flexibility index (Phi) is 2.54. The molecule has 4 heteroatoms. The predicted octanol–water partition coefficient (Wildman–Crippen LogP) is 1.57. The summed E-state index contributed by atoms with van der Waals surface area (Å²) in [5.41, 5.74) is 13.8. The summed E-state index contributed by atoms with van der Waals surface area (Å²) in [5, 5.41) is 3.64. The van der Waals surface area contributed by atoms with E-state index in [-0.39, 0.29) is 6.04 Å². The molecule has 1 aliphatic rings. The fourth-order valence-corrected chi connectivity index (χ4v) is 1.29. The van der Waals surface area contributed by atoms with Gasteiger partial charge in [-0.3, -0.25) is 0 Å². The first-order chi connectivity index (χ1) is 4.83. The van der Waals surface area contributed by atoms with Crippen molar-refractivity contribution in [3.8, 4) is 0 Å². The van der Waals surface area contributed by atoms with Crippen LogP contribution in [0.15, 0.2) is 5.11 Å². The molecule has 1 rings (SSSR count). The van der Waals surface area contributed by atoms with Crippen molar-refractivity contribution in [3.63, 3.8) is 0 Å². The van der Waals surface area contributed by atoms with Crippen LogP contribution < -0.4 is 5.73 Å². The van der Waals surface area contributed by atoms with Crippen LogP contribution in [0.25, 0.3) is 10.4 Å². The second kappa shape index (κ2) is 3.44. The predicted molar refractivity (Wildman–Crippen MR) is 39.4 cm³/mol. The second-order valence-corrected chi connectivity index (χ2v) is 2.77. The van der Waals surface area contributed by atoms with Crippen LogP contribution in [0.4, 0.5) is 0 Å². The molecule has 0 aliphatic heterocycles. The van der Waals surface area contributed by atoms with E-state index in [0.717, 1.165) is 25.7 Å². The molecule has 1 fully saturated rings. The molecular formula is C6H12N4. The van der Waals surface area contributed by atoms with Crippen LogP contribution in [-0.4, -0.2) is 12.1 Å². The third-order valence-electron chi connectivity index (χ3n) is 1.96. The number of hydrogen-bond acceptors (Lipinski definition) is 2. The fraction of sp³-hybridized carbons (Fsp3) is 1.00. The third kappa shape index (κ3) is 1.90. The van der Waals surface area contributed by atoms with Crippen LogP contribution in [0.1, 0.15) is 25.7 Å². The maximum Gasteiger partial charge on any atom is 0.0375 e. The lowest BCUT2D eigenvalue weighted by atomic mass is 9.92. The fourth-order valence-electron chi connectivity index (χ4n) is 1.29. The smallest absolute Gasteiger partial charge is 0.0375 e. The van der Waals surface area contributed by atoms with E-state index < -0.39 is 0 Å². The Morgan fingerprint density at radius 2 is 1.90 bits per heavy atom. The molecule has 1 aliphatic carbocycles. The van der Waals surface area contributed by atoms with Gasteiger partial charge in [-0.25, -0.2) is 0 Å². The van der Waals surface area contributed by atoms with E-state index in [2.05, 4.69) is 10.0 Å². The zero-order chi connectivity index (χ0) is 7.40. The van der Waals surface area contributed by atoms with Gasteiger partial charge < -0.3 is 5.73 Å². The van der Waals surface area contributed by atoms with Crippen LogP contribution in [0.5, 0.6) is 0 Å². The highest BCUT2D eigenvalue weighted by molar-refractivity contribution is 4.78. The molecule has 0 unspecified atom stereocenters. The Morgan fingerprint density at radius 3 is 2.40 bits per heavy atom. The van der Waals surface area contributed by atoms with Gasteiger partial charge in [0.1, 0.15) is 0 Å². The summed E-state index contributed by atoms with van der Waals surface area (Å²) in [5.74, 6) is 0. The molecule has 0 saturated heterocycles. The van der Waals surface area contributed by atoms with Crippen molar-refractivity contribution < 1.29 is 0 Å². The molecular weight excluding hydrogens is 128 g/mol. The summed E-state index contributed by atoms with van der Waals surface area (Å²) < 4.78 is 0. The van der Waals surface area contributed by atoms with Crippen LogP contribution >= 0.6 is 0 Å². The minimum Gasteiger partial charge on any atom is -0.328 e. The van der Waals surface area contributed by atoms with Crippen molar-refractivity contribution in [3.05, 3.63) is 10.4 Å². The maximum absolute atomic E-state index is 8.11. The van der Waals surface area contributed by atoms with Crippen LogP contribution in [0.2, 0.25) is 0 Å². The average Bonchev–Trinajstić information content (AvgIpc) is 1.95. The van der Waals surface area contributed by atoms with Crippen molar-refractivity contribution in [2.75, 3.05) is 0 Å². The van der Waals surface area contributed by atoms with Crippen LogP contribution in [0, 0.1) is 0 Å². The SMILES string of the molecule is [N-]=[N+]=N[C@H]1CC[C@H](N)CC1. The molecule has 0 bridgehead atoms. The molecule has 10 heavy (non-hydrogen) atoms. The van der Waals surface area contributed by atoms with Gasteiger partial charge in [0, 0.05) is 17.0 Å². The summed E-state index contributed by atoms with van der Waals surface area (Å²) in [6.07, 6.45) is 3.93. The van der Waals surface area contributed by atoms with E-state index in [9.17, 15) is 0 Å². The zero-order valence-corrected chi connectivity index (χ0v) is 5.90. The van der Waals surface area contributed by atoms with Crippen molar-refractivity contribution >= 4 is 0 Å². The van der Waals surface area contributed by atoms with Gasteiger partial charge in [-0.2, -0.15) is 0 Å². The van der Waals surface area contributed by atoms with Gasteiger partial charge in [-0.05, 0) is 31.2 Å². The van der Waals surface area contributed by atoms with E-state index in [1.165, 1.54) is 0 Å². The lowest BCUT2D eigenvalue weighted by Gasteiger charge is -2.21. The van der Waals surface area contributed by atoms with Crippen molar-refractivity contribution in [1.29, 1.82) is 0 Å². The molecule has 0 atom stereocenters. The Labute approximate surface area is 60.0 Å². The molecule has 0 spiro atoms. The molecule has 56 valence electrons. The third-order valence-corrected chi connectivity index (χ3v) is 1.96. The Bertz CT molecular complexity index is 142. The van der Waals surface area contributed by atoms with Gasteiger partial charge in [0.2, 0.25) is 0 Å². The summed E-state index contributed by atoms with van der Waals surface area (Å²) in [7, 11) is 0. The first-order valence-corrected chi connectivity index (χ1v) is 3.62. The Morgan fingerprint density at radius 1 is 1.30 bits per heavy atom. The molecule has 0 radical (unpaired) electrons. The van der Waals surface area contributed by atoms with Gasteiger partial charge >= 0.3 is 0 Å². The maximum atomic E-state index is 8.11. The minimum atomic E-state index is 0.213. The van der Waals surface area contributed by atoms with Crippen LogP contribution in [-0.2, 0) is 0 Å². The lowest BCUT2D eigenvalue weighted by molar-refractivity contribution is 0.394. The Hall–Kier alpha value is -0.730. The van der Waals surface area contributed by atoms with E-state index in [0.29, 0.717) is 6.04 Å². The first-order valence-electron chi connectivity index (χ1n) is 3.62. The first kappa shape index (κ1) is 7.38. The van der Waals surface area contributed by atoms with E-state index in [1.54, 1.807) is 0 Å². The normalized spacial score (nSPS) is 32.9. The molecule has 0 aromatic rings. The number of hydrogen-bond donors (Lipinski definition) is 1. The molecule has 0 aromatic heterocycles. The molecule has 4 nitrogen and oxygen atoms in total. The molecule has 0 heterocycles. The molecule has 0 amide bonds.